The van der Waals surface area contributed by atoms with Crippen LogP contribution in [0.4, 0.5) is 0 Å². The molecule has 0 aliphatic rings. The maximum Gasteiger partial charge on any atom is 0.307 e. The molecule has 0 aliphatic carbocycles. The van der Waals surface area contributed by atoms with Gasteiger partial charge in [-0.15, -0.1) is 0 Å². The number of nitrogens with zero attached hydrogens (tertiary/aromatic N) is 2. The third-order valence-corrected chi connectivity index (χ3v) is 7.34. The molecule has 0 amide bonds. The SMILES string of the molecule is COC(=O)CCOCC(COCCC(=O)OC)(COCCC(=O)OC)COOP(OCCC#N)N(C(C)C)C(C)C. The highest BCUT2D eigenvalue weighted by atomic mass is 31.2. The van der Waals surface area contributed by atoms with Crippen LogP contribution in [0, 0.1) is 16.7 Å². The zero-order valence-corrected chi connectivity index (χ0v) is 26.3. The van der Waals surface area contributed by atoms with E-state index in [1.54, 1.807) is 0 Å². The van der Waals surface area contributed by atoms with Crippen LogP contribution in [-0.4, -0.2) is 109 Å². The lowest BCUT2D eigenvalue weighted by atomic mass is 9.92. The summed E-state index contributed by atoms with van der Waals surface area (Å²) in [7, 11) is 2.17. The summed E-state index contributed by atoms with van der Waals surface area (Å²) in [6.45, 7) is 8.33. The molecule has 0 saturated carbocycles. The number of rotatable bonds is 25. The van der Waals surface area contributed by atoms with Gasteiger partial charge in [-0.05, 0) is 27.7 Å². The minimum absolute atomic E-state index is 0.0229. The van der Waals surface area contributed by atoms with Gasteiger partial charge in [-0.1, -0.05) is 0 Å². The number of carbonyl (C=O) groups excluding carboxylic acids is 3. The van der Waals surface area contributed by atoms with Gasteiger partial charge < -0.3 is 32.9 Å². The first-order valence-corrected chi connectivity index (χ1v) is 14.5. The molecule has 0 N–H and O–H groups in total. The predicted octanol–water partition coefficient (Wildman–Crippen LogP) is 2.94. The van der Waals surface area contributed by atoms with Gasteiger partial charge in [0.25, 0.3) is 8.53 Å². The second-order valence-electron chi connectivity index (χ2n) is 9.52. The predicted molar refractivity (Wildman–Crippen MR) is 147 cm³/mol. The first-order chi connectivity index (χ1) is 19.6. The summed E-state index contributed by atoms with van der Waals surface area (Å²) in [5.74, 6) is -1.29. The van der Waals surface area contributed by atoms with E-state index in [1.807, 2.05) is 38.4 Å². The average molecular weight is 611 g/mol. The average Bonchev–Trinajstić information content (AvgIpc) is 2.94. The summed E-state index contributed by atoms with van der Waals surface area (Å²) >= 11 is 0. The first kappa shape index (κ1) is 39.0. The van der Waals surface area contributed by atoms with Crippen molar-refractivity contribution in [3.05, 3.63) is 0 Å². The third-order valence-electron chi connectivity index (χ3n) is 5.40. The van der Waals surface area contributed by atoms with E-state index in [0.717, 1.165) is 0 Å². The van der Waals surface area contributed by atoms with Crippen molar-refractivity contribution in [1.29, 1.82) is 5.26 Å². The molecule has 0 aromatic rings. The Balaban J connectivity index is 5.73. The lowest BCUT2D eigenvalue weighted by Gasteiger charge is -2.36. The van der Waals surface area contributed by atoms with E-state index in [-0.39, 0.29) is 90.6 Å². The molecule has 0 heterocycles. The van der Waals surface area contributed by atoms with Crippen molar-refractivity contribution < 1.29 is 56.9 Å². The fourth-order valence-corrected chi connectivity index (χ4v) is 4.75. The lowest BCUT2D eigenvalue weighted by Crippen LogP contribution is -2.42. The molecule has 15 heteroatoms. The van der Waals surface area contributed by atoms with Crippen molar-refractivity contribution in [3.63, 3.8) is 0 Å². The van der Waals surface area contributed by atoms with Crippen LogP contribution >= 0.6 is 8.53 Å². The summed E-state index contributed by atoms with van der Waals surface area (Å²) < 4.78 is 45.0. The van der Waals surface area contributed by atoms with Crippen molar-refractivity contribution in [1.82, 2.24) is 4.67 Å². The van der Waals surface area contributed by atoms with Gasteiger partial charge in [-0.25, -0.2) is 9.56 Å². The first-order valence-electron chi connectivity index (χ1n) is 13.4. The molecule has 0 saturated heterocycles. The normalized spacial score (nSPS) is 12.4. The Morgan fingerprint density at radius 3 is 1.49 bits per heavy atom. The molecule has 238 valence electrons. The third kappa shape index (κ3) is 18.3. The summed E-state index contributed by atoms with van der Waals surface area (Å²) in [6, 6.07) is 2.16. The number of methoxy groups -OCH3 is 3. The van der Waals surface area contributed by atoms with E-state index in [0.29, 0.717) is 0 Å². The molecule has 0 bridgehead atoms. The molecule has 0 aliphatic heterocycles. The lowest BCUT2D eigenvalue weighted by molar-refractivity contribution is -0.252. The molecule has 0 spiro atoms. The van der Waals surface area contributed by atoms with Gasteiger partial charge in [0.15, 0.2) is 0 Å². The van der Waals surface area contributed by atoms with Crippen molar-refractivity contribution >= 4 is 26.4 Å². The topological polar surface area (TPSA) is 161 Å². The van der Waals surface area contributed by atoms with Crippen LogP contribution in [0.15, 0.2) is 0 Å². The van der Waals surface area contributed by atoms with Crippen LogP contribution in [0.3, 0.4) is 0 Å². The zero-order valence-electron chi connectivity index (χ0n) is 25.4. The highest BCUT2D eigenvalue weighted by molar-refractivity contribution is 7.44. The fourth-order valence-electron chi connectivity index (χ4n) is 3.35. The standard InChI is InChI=1S/C26H47N2O12P/c1-21(2)28(22(3)4)41(39-13-8-12-27)40-38-20-26(17-35-14-9-23(29)32-5,18-36-15-10-24(30)33-6)19-37-16-11-25(31)34-7/h21-22H,8-11,13-20H2,1-7H3. The minimum Gasteiger partial charge on any atom is -0.469 e. The molecule has 0 aromatic heterocycles. The molecule has 0 radical (unpaired) electrons. The Hall–Kier alpha value is -1.95. The van der Waals surface area contributed by atoms with Crippen molar-refractivity contribution in [2.75, 3.05) is 74.2 Å². The van der Waals surface area contributed by atoms with Crippen molar-refractivity contribution in [2.24, 2.45) is 5.41 Å². The number of hydrogen-bond donors (Lipinski definition) is 0. The molecular formula is C26H47N2O12P. The van der Waals surface area contributed by atoms with E-state index < -0.39 is 31.8 Å². The van der Waals surface area contributed by atoms with Crippen LogP contribution in [0.5, 0.6) is 0 Å². The summed E-state index contributed by atoms with van der Waals surface area (Å²) in [5, 5.41) is 8.94. The van der Waals surface area contributed by atoms with Gasteiger partial charge in [-0.2, -0.15) is 9.94 Å². The Labute approximate surface area is 244 Å². The number of esters is 3. The molecule has 1 atom stereocenters. The largest absolute Gasteiger partial charge is 0.469 e. The second-order valence-corrected chi connectivity index (χ2v) is 10.9. The number of hydrogen-bond acceptors (Lipinski definition) is 14. The van der Waals surface area contributed by atoms with Gasteiger partial charge in [-0.3, -0.25) is 14.4 Å². The number of carbonyl (C=O) groups is 3. The Morgan fingerprint density at radius 1 is 0.732 bits per heavy atom. The molecule has 0 aromatic carbocycles. The van der Waals surface area contributed by atoms with E-state index in [9.17, 15) is 14.4 Å². The minimum atomic E-state index is -1.69. The number of ether oxygens (including phenoxy) is 6. The molecule has 14 nitrogen and oxygen atoms in total. The summed E-state index contributed by atoms with van der Waals surface area (Å²) in [5.41, 5.74) is -0.976. The highest BCUT2D eigenvalue weighted by Gasteiger charge is 2.35. The second kappa shape index (κ2) is 23.6. The fraction of sp³-hybridized carbons (Fsp3) is 0.846. The molecule has 1 unspecified atom stereocenters. The summed E-state index contributed by atoms with van der Waals surface area (Å²) in [6.07, 6.45) is 0.288. The quantitative estimate of drug-likeness (QED) is 0.0370. The van der Waals surface area contributed by atoms with Crippen LogP contribution < -0.4 is 0 Å². The highest BCUT2D eigenvalue weighted by Crippen LogP contribution is 2.46. The molecule has 0 rings (SSSR count). The molecule has 0 fully saturated rings. The Morgan fingerprint density at radius 2 is 1.15 bits per heavy atom. The monoisotopic (exact) mass is 610 g/mol. The van der Waals surface area contributed by atoms with Crippen LogP contribution in [0.1, 0.15) is 53.4 Å². The van der Waals surface area contributed by atoms with Gasteiger partial charge in [0, 0.05) is 12.1 Å². The maximum atomic E-state index is 11.6. The van der Waals surface area contributed by atoms with Crippen LogP contribution in [-0.2, 0) is 56.9 Å². The van der Waals surface area contributed by atoms with Crippen LogP contribution in [0.2, 0.25) is 0 Å². The van der Waals surface area contributed by atoms with E-state index in [4.69, 9.17) is 33.6 Å². The van der Waals surface area contributed by atoms with Crippen LogP contribution in [0.25, 0.3) is 0 Å². The van der Waals surface area contributed by atoms with Gasteiger partial charge in [0.05, 0.1) is 111 Å². The maximum absolute atomic E-state index is 11.6. The van der Waals surface area contributed by atoms with Gasteiger partial charge >= 0.3 is 17.9 Å². The smallest absolute Gasteiger partial charge is 0.307 e. The van der Waals surface area contributed by atoms with E-state index in [2.05, 4.69) is 14.2 Å². The Kier molecular flexibility index (Phi) is 22.5. The zero-order chi connectivity index (χ0) is 31.1. The Bertz CT molecular complexity index is 710. The summed E-state index contributed by atoms with van der Waals surface area (Å²) in [4.78, 5) is 40.4. The van der Waals surface area contributed by atoms with E-state index in [1.165, 1.54) is 21.3 Å². The van der Waals surface area contributed by atoms with Gasteiger partial charge in [0.1, 0.15) is 0 Å². The van der Waals surface area contributed by atoms with Gasteiger partial charge in [0.2, 0.25) is 0 Å². The van der Waals surface area contributed by atoms with E-state index >= 15 is 0 Å². The van der Waals surface area contributed by atoms with Crippen molar-refractivity contribution in [3.8, 4) is 6.07 Å². The molecular weight excluding hydrogens is 563 g/mol. The number of nitriles is 1. The molecule has 41 heavy (non-hydrogen) atoms. The van der Waals surface area contributed by atoms with Crippen molar-refractivity contribution in [2.45, 2.75) is 65.5 Å².